The maximum absolute atomic E-state index is 11.7. The highest BCUT2D eigenvalue weighted by Gasteiger charge is 2.14. The fraction of sp³-hybridized carbons (Fsp3) is 0.154. The summed E-state index contributed by atoms with van der Waals surface area (Å²) in [5.41, 5.74) is 7.48. The number of hydrogen-bond donors (Lipinski definition) is 2. The van der Waals surface area contributed by atoms with E-state index in [1.807, 2.05) is 11.4 Å². The van der Waals surface area contributed by atoms with E-state index in [0.717, 1.165) is 9.35 Å². The predicted molar refractivity (Wildman–Crippen MR) is 81.5 cm³/mol. The Morgan fingerprint density at radius 3 is 2.89 bits per heavy atom. The monoisotopic (exact) mass is 340 g/mol. The number of carbonyl (C=O) groups is 1. The lowest BCUT2D eigenvalue weighted by atomic mass is 10.1. The van der Waals surface area contributed by atoms with Crippen molar-refractivity contribution in [3.05, 3.63) is 44.6 Å². The van der Waals surface area contributed by atoms with Crippen LogP contribution < -0.4 is 11.1 Å². The van der Waals surface area contributed by atoms with Crippen molar-refractivity contribution in [2.45, 2.75) is 6.54 Å². The molecular weight excluding hydrogens is 328 g/mol. The van der Waals surface area contributed by atoms with Crippen LogP contribution >= 0.6 is 27.3 Å². The summed E-state index contributed by atoms with van der Waals surface area (Å²) in [7, 11) is 1.35. The summed E-state index contributed by atoms with van der Waals surface area (Å²) in [6, 6.07) is 7.15. The number of ether oxygens (including phenoxy) is 1. The zero-order valence-corrected chi connectivity index (χ0v) is 12.7. The first kappa shape index (κ1) is 13.9. The molecule has 6 heteroatoms. The third-order valence-corrected chi connectivity index (χ3v) is 4.55. The van der Waals surface area contributed by atoms with Crippen LogP contribution in [0.5, 0.6) is 0 Å². The van der Waals surface area contributed by atoms with Crippen LogP contribution in [0.4, 0.5) is 11.4 Å². The first-order valence-corrected chi connectivity index (χ1v) is 7.23. The number of nitrogens with one attached hydrogen (secondary N) is 1. The van der Waals surface area contributed by atoms with Gasteiger partial charge < -0.3 is 15.8 Å². The molecular formula is C13H13BrN2O2S. The van der Waals surface area contributed by atoms with Gasteiger partial charge in [0, 0.05) is 9.35 Å². The zero-order chi connectivity index (χ0) is 13.8. The molecule has 0 saturated heterocycles. The topological polar surface area (TPSA) is 64.3 Å². The van der Waals surface area contributed by atoms with E-state index in [1.54, 1.807) is 29.5 Å². The molecule has 0 aliphatic carbocycles. The lowest BCUT2D eigenvalue weighted by Crippen LogP contribution is -2.10. The van der Waals surface area contributed by atoms with E-state index in [-0.39, 0.29) is 0 Å². The number of halogens is 1. The number of thiophene rings is 1. The van der Waals surface area contributed by atoms with Crippen LogP contribution in [0.3, 0.4) is 0 Å². The van der Waals surface area contributed by atoms with Gasteiger partial charge in [-0.05, 0) is 39.5 Å². The van der Waals surface area contributed by atoms with E-state index in [1.165, 1.54) is 7.11 Å². The summed E-state index contributed by atoms with van der Waals surface area (Å²) in [4.78, 5) is 12.8. The quantitative estimate of drug-likeness (QED) is 0.660. The standard InChI is InChI=1S/C13H13BrN2O2S/c1-18-13(17)8-3-2-4-10(15)12(8)16-7-11-9(14)5-6-19-11/h2-6,16H,7,15H2,1H3. The number of hydrogen-bond acceptors (Lipinski definition) is 5. The van der Waals surface area contributed by atoms with Gasteiger partial charge in [0.05, 0.1) is 30.6 Å². The van der Waals surface area contributed by atoms with E-state index < -0.39 is 5.97 Å². The molecule has 1 aromatic carbocycles. The smallest absolute Gasteiger partial charge is 0.340 e. The van der Waals surface area contributed by atoms with Crippen molar-refractivity contribution in [1.82, 2.24) is 0 Å². The fourth-order valence-corrected chi connectivity index (χ4v) is 3.10. The Balaban J connectivity index is 2.24. The van der Waals surface area contributed by atoms with E-state index in [2.05, 4.69) is 21.2 Å². The van der Waals surface area contributed by atoms with Crippen molar-refractivity contribution >= 4 is 44.6 Å². The Bertz CT molecular complexity index is 598. The summed E-state index contributed by atoms with van der Waals surface area (Å²) in [6.45, 7) is 0.594. The molecule has 0 bridgehead atoms. The molecule has 4 nitrogen and oxygen atoms in total. The Hall–Kier alpha value is -1.53. The first-order valence-electron chi connectivity index (χ1n) is 5.56. The Morgan fingerprint density at radius 2 is 2.26 bits per heavy atom. The highest BCUT2D eigenvalue weighted by Crippen LogP contribution is 2.28. The molecule has 100 valence electrons. The molecule has 1 heterocycles. The fourth-order valence-electron chi connectivity index (χ4n) is 1.67. The largest absolute Gasteiger partial charge is 0.465 e. The molecule has 0 amide bonds. The van der Waals surface area contributed by atoms with Gasteiger partial charge in [-0.15, -0.1) is 11.3 Å². The van der Waals surface area contributed by atoms with Crippen molar-refractivity contribution in [1.29, 1.82) is 0 Å². The van der Waals surface area contributed by atoms with Crippen LogP contribution in [-0.2, 0) is 11.3 Å². The summed E-state index contributed by atoms with van der Waals surface area (Å²) in [5, 5.41) is 5.19. The van der Waals surface area contributed by atoms with E-state index in [0.29, 0.717) is 23.5 Å². The lowest BCUT2D eigenvalue weighted by molar-refractivity contribution is 0.0602. The average Bonchev–Trinajstić information content (AvgIpc) is 2.82. The van der Waals surface area contributed by atoms with E-state index in [9.17, 15) is 4.79 Å². The molecule has 2 aromatic rings. The molecule has 0 spiro atoms. The van der Waals surface area contributed by atoms with Crippen molar-refractivity contribution < 1.29 is 9.53 Å². The number of anilines is 2. The normalized spacial score (nSPS) is 10.2. The van der Waals surface area contributed by atoms with E-state index >= 15 is 0 Å². The van der Waals surface area contributed by atoms with Crippen molar-refractivity contribution in [2.75, 3.05) is 18.2 Å². The SMILES string of the molecule is COC(=O)c1cccc(N)c1NCc1sccc1Br. The van der Waals surface area contributed by atoms with Crippen LogP contribution in [0.15, 0.2) is 34.1 Å². The molecule has 2 rings (SSSR count). The molecule has 19 heavy (non-hydrogen) atoms. The maximum atomic E-state index is 11.7. The first-order chi connectivity index (χ1) is 9.13. The molecule has 0 unspecified atom stereocenters. The third-order valence-electron chi connectivity index (χ3n) is 2.62. The second-order valence-electron chi connectivity index (χ2n) is 3.81. The van der Waals surface area contributed by atoms with Gasteiger partial charge in [-0.3, -0.25) is 0 Å². The number of rotatable bonds is 4. The number of nitrogens with two attached hydrogens (primary N) is 1. The van der Waals surface area contributed by atoms with Crippen LogP contribution in [0.25, 0.3) is 0 Å². The number of benzene rings is 1. The summed E-state index contributed by atoms with van der Waals surface area (Å²) >= 11 is 5.10. The number of esters is 1. The van der Waals surface area contributed by atoms with Crippen LogP contribution in [-0.4, -0.2) is 13.1 Å². The van der Waals surface area contributed by atoms with Gasteiger partial charge in [-0.2, -0.15) is 0 Å². The van der Waals surface area contributed by atoms with E-state index in [4.69, 9.17) is 10.5 Å². The Labute approximate surface area is 123 Å². The molecule has 1 aromatic heterocycles. The minimum absolute atomic E-state index is 0.403. The van der Waals surface area contributed by atoms with Gasteiger partial charge in [0.25, 0.3) is 0 Å². The number of nitrogen functional groups attached to an aromatic ring is 1. The summed E-state index contributed by atoms with van der Waals surface area (Å²) in [5.74, 6) is -0.403. The van der Waals surface area contributed by atoms with Crippen LogP contribution in [0, 0.1) is 0 Å². The summed E-state index contributed by atoms with van der Waals surface area (Å²) in [6.07, 6.45) is 0. The van der Waals surface area contributed by atoms with Gasteiger partial charge in [0.2, 0.25) is 0 Å². The highest BCUT2D eigenvalue weighted by atomic mass is 79.9. The Morgan fingerprint density at radius 1 is 1.47 bits per heavy atom. The van der Waals surface area contributed by atoms with Crippen molar-refractivity contribution in [3.63, 3.8) is 0 Å². The molecule has 0 saturated carbocycles. The minimum atomic E-state index is -0.403. The Kier molecular flexibility index (Phi) is 4.44. The van der Waals surface area contributed by atoms with Crippen molar-refractivity contribution in [3.8, 4) is 0 Å². The van der Waals surface area contributed by atoms with Gasteiger partial charge in [-0.1, -0.05) is 6.07 Å². The number of methoxy groups -OCH3 is 1. The maximum Gasteiger partial charge on any atom is 0.340 e. The lowest BCUT2D eigenvalue weighted by Gasteiger charge is -2.12. The van der Waals surface area contributed by atoms with Crippen LogP contribution in [0.2, 0.25) is 0 Å². The molecule has 0 atom stereocenters. The van der Waals surface area contributed by atoms with Crippen LogP contribution in [0.1, 0.15) is 15.2 Å². The van der Waals surface area contributed by atoms with Gasteiger partial charge in [0.1, 0.15) is 0 Å². The molecule has 3 N–H and O–H groups in total. The second-order valence-corrected chi connectivity index (χ2v) is 5.66. The second kappa shape index (κ2) is 6.08. The van der Waals surface area contributed by atoms with Gasteiger partial charge >= 0.3 is 5.97 Å². The zero-order valence-electron chi connectivity index (χ0n) is 10.3. The highest BCUT2D eigenvalue weighted by molar-refractivity contribution is 9.10. The molecule has 0 aliphatic rings. The number of para-hydroxylation sites is 1. The van der Waals surface area contributed by atoms with Gasteiger partial charge in [0.15, 0.2) is 0 Å². The summed E-state index contributed by atoms with van der Waals surface area (Å²) < 4.78 is 5.79. The molecule has 0 radical (unpaired) electrons. The third kappa shape index (κ3) is 3.08. The molecule has 0 aliphatic heterocycles. The molecule has 0 fully saturated rings. The van der Waals surface area contributed by atoms with Gasteiger partial charge in [-0.25, -0.2) is 4.79 Å². The average molecular weight is 341 g/mol. The predicted octanol–water partition coefficient (Wildman–Crippen LogP) is 3.49. The van der Waals surface area contributed by atoms with Crippen molar-refractivity contribution in [2.24, 2.45) is 0 Å². The minimum Gasteiger partial charge on any atom is -0.465 e. The number of carbonyl (C=O) groups excluding carboxylic acids is 1.